The fourth-order valence-electron chi connectivity index (χ4n) is 2.33. The zero-order valence-corrected chi connectivity index (χ0v) is 13.2. The third-order valence-electron chi connectivity index (χ3n) is 3.29. The average molecular weight is 263 g/mol. The van der Waals surface area contributed by atoms with Crippen LogP contribution in [0.1, 0.15) is 24.5 Å². The summed E-state index contributed by atoms with van der Waals surface area (Å²) in [6.45, 7) is 8.71. The monoisotopic (exact) mass is 263 g/mol. The topological polar surface area (TPSA) is 18.5 Å². The lowest BCUT2D eigenvalue weighted by Gasteiger charge is -2.28. The van der Waals surface area contributed by atoms with Gasteiger partial charge in [-0.05, 0) is 51.7 Å². The highest BCUT2D eigenvalue weighted by molar-refractivity contribution is 5.54. The van der Waals surface area contributed by atoms with Crippen LogP contribution >= 0.6 is 0 Å². The molecule has 0 radical (unpaired) electrons. The molecule has 0 heterocycles. The van der Waals surface area contributed by atoms with E-state index in [4.69, 9.17) is 0 Å². The van der Waals surface area contributed by atoms with Crippen LogP contribution in [0.5, 0.6) is 0 Å². The van der Waals surface area contributed by atoms with Gasteiger partial charge in [-0.15, -0.1) is 0 Å². The van der Waals surface area contributed by atoms with Crippen molar-refractivity contribution in [3.05, 3.63) is 29.3 Å². The van der Waals surface area contributed by atoms with Gasteiger partial charge < -0.3 is 15.1 Å². The minimum Gasteiger partial charge on any atom is -0.370 e. The molecule has 1 rings (SSSR count). The normalized spacial score (nSPS) is 11.1. The zero-order chi connectivity index (χ0) is 14.3. The Labute approximate surface area is 118 Å². The van der Waals surface area contributed by atoms with Crippen LogP contribution in [0.2, 0.25) is 0 Å². The van der Waals surface area contributed by atoms with Crippen molar-refractivity contribution in [2.45, 2.75) is 26.8 Å². The quantitative estimate of drug-likeness (QED) is 0.777. The minimum atomic E-state index is 0.937. The van der Waals surface area contributed by atoms with Gasteiger partial charge in [0, 0.05) is 31.9 Å². The molecule has 0 unspecified atom stereocenters. The number of benzene rings is 1. The summed E-state index contributed by atoms with van der Waals surface area (Å²) in [7, 11) is 6.25. The van der Waals surface area contributed by atoms with Gasteiger partial charge in [0.2, 0.25) is 0 Å². The third-order valence-corrected chi connectivity index (χ3v) is 3.29. The van der Waals surface area contributed by atoms with Gasteiger partial charge >= 0.3 is 0 Å². The van der Waals surface area contributed by atoms with Gasteiger partial charge in [0.15, 0.2) is 0 Å². The first kappa shape index (κ1) is 16.0. The van der Waals surface area contributed by atoms with Crippen molar-refractivity contribution in [1.82, 2.24) is 10.2 Å². The smallest absolute Gasteiger partial charge is 0.0396 e. The molecule has 0 spiro atoms. The van der Waals surface area contributed by atoms with Crippen molar-refractivity contribution in [2.24, 2.45) is 0 Å². The van der Waals surface area contributed by atoms with Gasteiger partial charge in [0.25, 0.3) is 0 Å². The molecule has 0 aliphatic carbocycles. The van der Waals surface area contributed by atoms with Crippen LogP contribution in [0.4, 0.5) is 5.69 Å². The van der Waals surface area contributed by atoms with Gasteiger partial charge in [0.05, 0.1) is 0 Å². The van der Waals surface area contributed by atoms with Crippen LogP contribution in [0.25, 0.3) is 0 Å². The number of hydrogen-bond donors (Lipinski definition) is 1. The average Bonchev–Trinajstić information content (AvgIpc) is 2.35. The number of anilines is 1. The van der Waals surface area contributed by atoms with Crippen LogP contribution in [0.15, 0.2) is 18.2 Å². The molecule has 1 aromatic rings. The number of rotatable bonds is 8. The molecule has 1 aromatic carbocycles. The molecule has 0 fully saturated rings. The maximum Gasteiger partial charge on any atom is 0.0396 e. The van der Waals surface area contributed by atoms with Gasteiger partial charge in [-0.1, -0.05) is 19.1 Å². The fraction of sp³-hybridized carbons (Fsp3) is 0.625. The second-order valence-electron chi connectivity index (χ2n) is 5.44. The summed E-state index contributed by atoms with van der Waals surface area (Å²) in [6.07, 6.45) is 1.19. The van der Waals surface area contributed by atoms with Crippen molar-refractivity contribution in [2.75, 3.05) is 45.7 Å². The SMILES string of the molecule is CCCN(CCN(C)C)c1ccc(CNC)cc1C. The summed E-state index contributed by atoms with van der Waals surface area (Å²) in [6, 6.07) is 6.80. The Hall–Kier alpha value is -1.06. The molecule has 19 heavy (non-hydrogen) atoms. The van der Waals surface area contributed by atoms with Crippen LogP contribution in [-0.4, -0.2) is 45.7 Å². The minimum absolute atomic E-state index is 0.937. The maximum atomic E-state index is 3.20. The highest BCUT2D eigenvalue weighted by Gasteiger charge is 2.09. The highest BCUT2D eigenvalue weighted by atomic mass is 15.2. The largest absolute Gasteiger partial charge is 0.370 e. The first-order chi connectivity index (χ1) is 9.08. The standard InChI is InChI=1S/C16H29N3/c1-6-9-19(11-10-18(4)5)16-8-7-15(13-17-3)12-14(16)2/h7-8,12,17H,6,9-11,13H2,1-5H3. The second-order valence-corrected chi connectivity index (χ2v) is 5.44. The van der Waals surface area contributed by atoms with E-state index >= 15 is 0 Å². The Morgan fingerprint density at radius 1 is 1.11 bits per heavy atom. The maximum absolute atomic E-state index is 3.20. The van der Waals surface area contributed by atoms with Crippen LogP contribution in [-0.2, 0) is 6.54 Å². The molecule has 0 aliphatic rings. The van der Waals surface area contributed by atoms with E-state index in [1.54, 1.807) is 0 Å². The number of nitrogens with one attached hydrogen (secondary N) is 1. The first-order valence-electron chi connectivity index (χ1n) is 7.22. The zero-order valence-electron chi connectivity index (χ0n) is 13.2. The summed E-state index contributed by atoms with van der Waals surface area (Å²) in [5, 5.41) is 3.20. The molecule has 0 aromatic heterocycles. The molecule has 0 saturated heterocycles. The van der Waals surface area contributed by atoms with E-state index in [1.165, 1.54) is 23.2 Å². The van der Waals surface area contributed by atoms with Crippen molar-refractivity contribution in [3.8, 4) is 0 Å². The van der Waals surface area contributed by atoms with E-state index < -0.39 is 0 Å². The van der Waals surface area contributed by atoms with E-state index in [0.29, 0.717) is 0 Å². The van der Waals surface area contributed by atoms with E-state index in [0.717, 1.165) is 26.2 Å². The van der Waals surface area contributed by atoms with Crippen molar-refractivity contribution in [1.29, 1.82) is 0 Å². The van der Waals surface area contributed by atoms with Gasteiger partial charge in [-0.2, -0.15) is 0 Å². The summed E-state index contributed by atoms with van der Waals surface area (Å²) >= 11 is 0. The fourth-order valence-corrected chi connectivity index (χ4v) is 2.33. The van der Waals surface area contributed by atoms with E-state index in [-0.39, 0.29) is 0 Å². The molecule has 0 atom stereocenters. The molecule has 108 valence electrons. The van der Waals surface area contributed by atoms with Crippen molar-refractivity contribution in [3.63, 3.8) is 0 Å². The Bertz CT molecular complexity index is 374. The van der Waals surface area contributed by atoms with Crippen molar-refractivity contribution < 1.29 is 0 Å². The lowest BCUT2D eigenvalue weighted by molar-refractivity contribution is 0.413. The van der Waals surface area contributed by atoms with Gasteiger partial charge in [0.1, 0.15) is 0 Å². The van der Waals surface area contributed by atoms with E-state index in [9.17, 15) is 0 Å². The number of aryl methyl sites for hydroxylation is 1. The Morgan fingerprint density at radius 2 is 1.84 bits per heavy atom. The summed E-state index contributed by atoms with van der Waals surface area (Å²) in [5.41, 5.74) is 4.11. The molecule has 3 heteroatoms. The second kappa shape index (κ2) is 8.18. The molecular formula is C16H29N3. The van der Waals surface area contributed by atoms with Crippen molar-refractivity contribution >= 4 is 5.69 Å². The molecular weight excluding hydrogens is 234 g/mol. The number of hydrogen-bond acceptors (Lipinski definition) is 3. The Kier molecular flexibility index (Phi) is 6.89. The predicted octanol–water partition coefficient (Wildman–Crippen LogP) is 2.49. The first-order valence-corrected chi connectivity index (χ1v) is 7.22. The predicted molar refractivity (Wildman–Crippen MR) is 85.0 cm³/mol. The lowest BCUT2D eigenvalue weighted by atomic mass is 10.1. The Morgan fingerprint density at radius 3 is 2.37 bits per heavy atom. The van der Waals surface area contributed by atoms with E-state index in [1.807, 2.05) is 7.05 Å². The molecule has 0 bridgehead atoms. The molecule has 0 saturated carbocycles. The molecule has 1 N–H and O–H groups in total. The molecule has 0 amide bonds. The molecule has 0 aliphatic heterocycles. The summed E-state index contributed by atoms with van der Waals surface area (Å²) in [4.78, 5) is 4.74. The van der Waals surface area contributed by atoms with Gasteiger partial charge in [-0.3, -0.25) is 0 Å². The number of nitrogens with zero attached hydrogens (tertiary/aromatic N) is 2. The highest BCUT2D eigenvalue weighted by Crippen LogP contribution is 2.21. The Balaban J connectivity index is 2.82. The van der Waals surface area contributed by atoms with E-state index in [2.05, 4.69) is 61.3 Å². The lowest BCUT2D eigenvalue weighted by Crippen LogP contribution is -2.32. The third kappa shape index (κ3) is 5.21. The van der Waals surface area contributed by atoms with Crippen LogP contribution in [0.3, 0.4) is 0 Å². The van der Waals surface area contributed by atoms with Crippen LogP contribution < -0.4 is 10.2 Å². The summed E-state index contributed by atoms with van der Waals surface area (Å²) < 4.78 is 0. The van der Waals surface area contributed by atoms with Crippen LogP contribution in [0, 0.1) is 6.92 Å². The number of likely N-dealkylation sites (N-methyl/N-ethyl adjacent to an activating group) is 1. The summed E-state index contributed by atoms with van der Waals surface area (Å²) in [5.74, 6) is 0. The molecule has 3 nitrogen and oxygen atoms in total. The van der Waals surface area contributed by atoms with Gasteiger partial charge in [-0.25, -0.2) is 0 Å².